The minimum Gasteiger partial charge on any atom is -0.493 e. The number of hydrogen-bond donors (Lipinski definition) is 1. The molecule has 146 valence electrons. The zero-order chi connectivity index (χ0) is 20.1. The van der Waals surface area contributed by atoms with Crippen LogP contribution in [0, 0.1) is 19.3 Å². The van der Waals surface area contributed by atoms with Crippen molar-refractivity contribution in [3.05, 3.63) is 59.2 Å². The number of rotatable bonds is 7. The maximum atomic E-state index is 12.1. The minimum absolute atomic E-state index is 0.112. The number of nitrogens with zero attached hydrogens (tertiary/aromatic N) is 1. The van der Waals surface area contributed by atoms with Crippen molar-refractivity contribution >= 4 is 5.97 Å². The van der Waals surface area contributed by atoms with E-state index in [4.69, 9.17) is 15.9 Å². The highest BCUT2D eigenvalue weighted by molar-refractivity contribution is 5.75. The first-order valence-corrected chi connectivity index (χ1v) is 9.30. The van der Waals surface area contributed by atoms with Crippen LogP contribution in [0.5, 0.6) is 11.5 Å². The summed E-state index contributed by atoms with van der Waals surface area (Å²) >= 11 is 0. The van der Waals surface area contributed by atoms with Gasteiger partial charge in [0.05, 0.1) is 7.11 Å². The molecule has 0 aromatic heterocycles. The summed E-state index contributed by atoms with van der Waals surface area (Å²) in [6, 6.07) is 13.2. The Balaban J connectivity index is 1.82. The van der Waals surface area contributed by atoms with Crippen LogP contribution in [0.2, 0.25) is 0 Å². The fourth-order valence-electron chi connectivity index (χ4n) is 3.79. The number of carboxylic acids is 1. The zero-order valence-corrected chi connectivity index (χ0v) is 16.2. The average molecular weight is 379 g/mol. The molecule has 1 aliphatic heterocycles. The fraction of sp³-hybridized carbons (Fsp3) is 0.348. The van der Waals surface area contributed by atoms with Crippen LogP contribution < -0.4 is 9.47 Å². The van der Waals surface area contributed by atoms with Gasteiger partial charge in [-0.3, -0.25) is 9.69 Å². The van der Waals surface area contributed by atoms with Crippen molar-refractivity contribution in [2.24, 2.45) is 0 Å². The van der Waals surface area contributed by atoms with Crippen LogP contribution in [-0.2, 0) is 11.3 Å². The number of hydrogen-bond acceptors (Lipinski definition) is 4. The van der Waals surface area contributed by atoms with Crippen LogP contribution in [0.1, 0.15) is 29.0 Å². The Kier molecular flexibility index (Phi) is 6.23. The normalized spacial score (nSPS) is 19.2. The molecule has 28 heavy (non-hydrogen) atoms. The predicted molar refractivity (Wildman–Crippen MR) is 108 cm³/mol. The minimum atomic E-state index is -0.804. The molecule has 3 rings (SSSR count). The van der Waals surface area contributed by atoms with E-state index in [1.807, 2.05) is 24.0 Å². The number of carbonyl (C=O) groups is 1. The van der Waals surface area contributed by atoms with E-state index in [-0.39, 0.29) is 12.5 Å². The van der Waals surface area contributed by atoms with E-state index in [9.17, 15) is 9.90 Å². The van der Waals surface area contributed by atoms with Gasteiger partial charge in [0, 0.05) is 19.0 Å². The number of likely N-dealkylation sites (tertiary alicyclic amines) is 1. The van der Waals surface area contributed by atoms with Gasteiger partial charge < -0.3 is 14.6 Å². The number of carboxylic acid groups (broad SMARTS) is 1. The topological polar surface area (TPSA) is 59.0 Å². The lowest BCUT2D eigenvalue weighted by Gasteiger charge is -2.25. The van der Waals surface area contributed by atoms with Crippen molar-refractivity contribution in [3.63, 3.8) is 0 Å². The molecule has 2 aromatic carbocycles. The second kappa shape index (κ2) is 8.81. The monoisotopic (exact) mass is 379 g/mol. The molecule has 1 fully saturated rings. The van der Waals surface area contributed by atoms with Gasteiger partial charge in [0.2, 0.25) is 0 Å². The molecular formula is C23H25NO4. The average Bonchev–Trinajstić information content (AvgIpc) is 3.11. The van der Waals surface area contributed by atoms with E-state index in [0.29, 0.717) is 18.0 Å². The number of aryl methyl sites for hydroxylation is 1. The fourth-order valence-corrected chi connectivity index (χ4v) is 3.79. The maximum Gasteiger partial charge on any atom is 0.321 e. The quantitative estimate of drug-likeness (QED) is 0.747. The zero-order valence-electron chi connectivity index (χ0n) is 16.2. The van der Waals surface area contributed by atoms with Gasteiger partial charge in [0.15, 0.2) is 11.5 Å². The number of methoxy groups -OCH3 is 1. The predicted octanol–water partition coefficient (Wildman–Crippen LogP) is 3.46. The van der Waals surface area contributed by atoms with Crippen LogP contribution in [0.4, 0.5) is 0 Å². The van der Waals surface area contributed by atoms with Gasteiger partial charge in [0.1, 0.15) is 12.6 Å². The summed E-state index contributed by atoms with van der Waals surface area (Å²) in [4.78, 5) is 14.1. The van der Waals surface area contributed by atoms with Crippen molar-refractivity contribution < 1.29 is 19.4 Å². The Morgan fingerprint density at radius 3 is 2.64 bits per heavy atom. The maximum absolute atomic E-state index is 12.1. The van der Waals surface area contributed by atoms with Crippen molar-refractivity contribution in [1.82, 2.24) is 4.90 Å². The molecule has 1 unspecified atom stereocenters. The molecule has 0 saturated carbocycles. The Labute approximate surface area is 165 Å². The first kappa shape index (κ1) is 19.8. The molecule has 5 nitrogen and oxygen atoms in total. The molecule has 0 aliphatic carbocycles. The number of ether oxygens (including phenoxy) is 2. The largest absolute Gasteiger partial charge is 0.493 e. The first-order valence-electron chi connectivity index (χ1n) is 9.30. The van der Waals surface area contributed by atoms with Gasteiger partial charge in [-0.2, -0.15) is 0 Å². The molecule has 1 N–H and O–H groups in total. The number of terminal acetylenes is 1. The van der Waals surface area contributed by atoms with Crippen LogP contribution in [0.3, 0.4) is 0 Å². The van der Waals surface area contributed by atoms with Gasteiger partial charge in [-0.25, -0.2) is 0 Å². The number of benzene rings is 2. The summed E-state index contributed by atoms with van der Waals surface area (Å²) in [5, 5.41) is 9.91. The third kappa shape index (κ3) is 4.29. The van der Waals surface area contributed by atoms with Gasteiger partial charge in [-0.05, 0) is 36.6 Å². The molecule has 2 atom stereocenters. The van der Waals surface area contributed by atoms with Crippen LogP contribution in [0.25, 0.3) is 0 Å². The summed E-state index contributed by atoms with van der Waals surface area (Å²) in [6.07, 6.45) is 6.02. The first-order chi connectivity index (χ1) is 13.5. The van der Waals surface area contributed by atoms with E-state index in [2.05, 4.69) is 30.2 Å². The molecule has 2 aromatic rings. The molecule has 5 heteroatoms. The van der Waals surface area contributed by atoms with Gasteiger partial charge in [-0.1, -0.05) is 41.8 Å². The van der Waals surface area contributed by atoms with Crippen LogP contribution in [0.15, 0.2) is 42.5 Å². The third-order valence-corrected chi connectivity index (χ3v) is 5.19. The van der Waals surface area contributed by atoms with E-state index in [1.54, 1.807) is 13.2 Å². The van der Waals surface area contributed by atoms with E-state index in [0.717, 1.165) is 24.1 Å². The summed E-state index contributed by atoms with van der Waals surface area (Å²) in [5.74, 6) is 2.64. The lowest BCUT2D eigenvalue weighted by Crippen LogP contribution is -2.38. The van der Waals surface area contributed by atoms with Crippen LogP contribution >= 0.6 is 0 Å². The summed E-state index contributed by atoms with van der Waals surface area (Å²) in [6.45, 7) is 3.54. The molecule has 0 bridgehead atoms. The lowest BCUT2D eigenvalue weighted by molar-refractivity contribution is -0.142. The molecule has 0 amide bonds. The third-order valence-electron chi connectivity index (χ3n) is 5.19. The standard InChI is InChI=1S/C23H25NO4/c1-4-13-28-20-10-9-18(14-21(20)27-3)19-11-12-24(22(19)23(25)26)15-17-7-5-16(2)6-8-17/h1,5-10,14,19,22H,11-13,15H2,2-3H3,(H,25,26)/t19?,22-/m0/s1. The highest BCUT2D eigenvalue weighted by Gasteiger charge is 2.40. The lowest BCUT2D eigenvalue weighted by atomic mass is 9.91. The second-order valence-corrected chi connectivity index (χ2v) is 7.04. The highest BCUT2D eigenvalue weighted by Crippen LogP contribution is 2.38. The second-order valence-electron chi connectivity index (χ2n) is 7.04. The molecule has 1 saturated heterocycles. The Bertz CT molecular complexity index is 869. The summed E-state index contributed by atoms with van der Waals surface area (Å²) in [7, 11) is 1.56. The molecular weight excluding hydrogens is 354 g/mol. The summed E-state index contributed by atoms with van der Waals surface area (Å²) < 4.78 is 10.9. The van der Waals surface area contributed by atoms with Gasteiger partial charge in [0.25, 0.3) is 0 Å². The van der Waals surface area contributed by atoms with Gasteiger partial charge >= 0.3 is 5.97 Å². The smallest absolute Gasteiger partial charge is 0.321 e. The van der Waals surface area contributed by atoms with Crippen molar-refractivity contribution in [1.29, 1.82) is 0 Å². The molecule has 1 heterocycles. The van der Waals surface area contributed by atoms with Crippen molar-refractivity contribution in [2.45, 2.75) is 31.8 Å². The van der Waals surface area contributed by atoms with Crippen molar-refractivity contribution in [2.75, 3.05) is 20.3 Å². The van der Waals surface area contributed by atoms with Crippen molar-refractivity contribution in [3.8, 4) is 23.8 Å². The highest BCUT2D eigenvalue weighted by atomic mass is 16.5. The molecule has 1 aliphatic rings. The Morgan fingerprint density at radius 2 is 2.00 bits per heavy atom. The number of aliphatic carboxylic acids is 1. The Hall–Kier alpha value is -2.97. The Morgan fingerprint density at radius 1 is 1.25 bits per heavy atom. The summed E-state index contributed by atoms with van der Waals surface area (Å²) in [5.41, 5.74) is 3.24. The van der Waals surface area contributed by atoms with E-state index in [1.165, 1.54) is 5.56 Å². The van der Waals surface area contributed by atoms with E-state index >= 15 is 0 Å². The molecule has 0 spiro atoms. The van der Waals surface area contributed by atoms with Gasteiger partial charge in [-0.15, -0.1) is 6.42 Å². The van der Waals surface area contributed by atoms with Crippen LogP contribution in [-0.4, -0.2) is 42.3 Å². The van der Waals surface area contributed by atoms with E-state index < -0.39 is 12.0 Å². The molecule has 0 radical (unpaired) electrons. The SMILES string of the molecule is C#CCOc1ccc(C2CCN(Cc3ccc(C)cc3)[C@@H]2C(=O)O)cc1OC.